The number of nitrogens with one attached hydrogen (secondary N) is 1. The highest BCUT2D eigenvalue weighted by Gasteiger charge is 2.23. The van der Waals surface area contributed by atoms with Gasteiger partial charge in [-0.25, -0.2) is 0 Å². The van der Waals surface area contributed by atoms with Gasteiger partial charge in [-0.15, -0.1) is 0 Å². The second-order valence-electron chi connectivity index (χ2n) is 6.38. The third kappa shape index (κ3) is 3.24. The molecule has 2 aromatic heterocycles. The fourth-order valence-electron chi connectivity index (χ4n) is 3.47. The highest BCUT2D eigenvalue weighted by Crippen LogP contribution is 2.30. The van der Waals surface area contributed by atoms with Crippen LogP contribution in [0.15, 0.2) is 61.1 Å². The van der Waals surface area contributed by atoms with Crippen LogP contribution in [0.1, 0.15) is 41.3 Å². The Kier molecular flexibility index (Phi) is 4.38. The quantitative estimate of drug-likeness (QED) is 0.783. The minimum absolute atomic E-state index is 0.387. The molecule has 4 heteroatoms. The number of benzene rings is 1. The molecule has 1 aliphatic rings. The van der Waals surface area contributed by atoms with Crippen LogP contribution in [-0.4, -0.2) is 14.8 Å². The predicted octanol–water partition coefficient (Wildman–Crippen LogP) is 3.49. The summed E-state index contributed by atoms with van der Waals surface area (Å²) in [4.78, 5) is 4.19. The SMILES string of the molecule is c1ccc(Cn2ncc3c2CCC[C@H]3NCc2cccnc2)cc1. The first-order valence-electron chi connectivity index (χ1n) is 8.61. The van der Waals surface area contributed by atoms with Gasteiger partial charge in [0, 0.05) is 36.2 Å². The van der Waals surface area contributed by atoms with Crippen molar-refractivity contribution < 1.29 is 0 Å². The van der Waals surface area contributed by atoms with E-state index in [9.17, 15) is 0 Å². The first-order chi connectivity index (χ1) is 11.9. The van der Waals surface area contributed by atoms with Gasteiger partial charge in [0.2, 0.25) is 0 Å². The van der Waals surface area contributed by atoms with E-state index >= 15 is 0 Å². The average Bonchev–Trinajstić information content (AvgIpc) is 3.05. The zero-order valence-corrected chi connectivity index (χ0v) is 13.7. The summed E-state index contributed by atoms with van der Waals surface area (Å²) in [6.45, 7) is 1.70. The van der Waals surface area contributed by atoms with Gasteiger partial charge in [-0.05, 0) is 36.5 Å². The normalized spacial score (nSPS) is 16.8. The molecule has 1 atom stereocenters. The Morgan fingerprint density at radius 2 is 1.92 bits per heavy atom. The summed E-state index contributed by atoms with van der Waals surface area (Å²) in [5.41, 5.74) is 5.27. The first kappa shape index (κ1) is 15.1. The fourth-order valence-corrected chi connectivity index (χ4v) is 3.47. The highest BCUT2D eigenvalue weighted by molar-refractivity contribution is 5.26. The molecular formula is C20H22N4. The van der Waals surface area contributed by atoms with E-state index in [1.54, 1.807) is 0 Å². The molecular weight excluding hydrogens is 296 g/mol. The van der Waals surface area contributed by atoms with Crippen molar-refractivity contribution in [2.24, 2.45) is 0 Å². The van der Waals surface area contributed by atoms with Crippen LogP contribution in [-0.2, 0) is 19.5 Å². The largest absolute Gasteiger partial charge is 0.306 e. The lowest BCUT2D eigenvalue weighted by molar-refractivity contribution is 0.449. The number of aromatic nitrogens is 3. The molecule has 122 valence electrons. The van der Waals surface area contributed by atoms with E-state index in [1.165, 1.54) is 35.2 Å². The molecule has 1 aromatic carbocycles. The van der Waals surface area contributed by atoms with Gasteiger partial charge in [0.1, 0.15) is 0 Å². The molecule has 0 spiro atoms. The molecule has 2 heterocycles. The maximum Gasteiger partial charge on any atom is 0.0662 e. The zero-order valence-electron chi connectivity index (χ0n) is 13.7. The minimum atomic E-state index is 0.387. The lowest BCUT2D eigenvalue weighted by atomic mass is 9.92. The maximum atomic E-state index is 4.66. The topological polar surface area (TPSA) is 42.7 Å². The van der Waals surface area contributed by atoms with Crippen molar-refractivity contribution in [3.05, 3.63) is 83.4 Å². The number of pyridine rings is 1. The van der Waals surface area contributed by atoms with Crippen LogP contribution in [0.2, 0.25) is 0 Å². The molecule has 0 saturated carbocycles. The standard InChI is InChI=1S/C20H22N4/c1-2-6-16(7-3-1)15-24-20-10-4-9-19(18(20)14-23-24)22-13-17-8-5-11-21-12-17/h1-3,5-8,11-12,14,19,22H,4,9-10,13,15H2/t19-/m1/s1. The van der Waals surface area contributed by atoms with E-state index in [4.69, 9.17) is 0 Å². The Bertz CT molecular complexity index is 780. The Balaban J connectivity index is 1.49. The van der Waals surface area contributed by atoms with Crippen LogP contribution in [0, 0.1) is 0 Å². The summed E-state index contributed by atoms with van der Waals surface area (Å²) in [5.74, 6) is 0. The van der Waals surface area contributed by atoms with E-state index in [1.807, 2.05) is 18.5 Å². The Labute approximate surface area is 142 Å². The number of fused-ring (bicyclic) bond motifs is 1. The third-order valence-corrected chi connectivity index (χ3v) is 4.71. The van der Waals surface area contributed by atoms with Crippen molar-refractivity contribution in [3.63, 3.8) is 0 Å². The molecule has 0 unspecified atom stereocenters. The van der Waals surface area contributed by atoms with Gasteiger partial charge in [-0.3, -0.25) is 9.67 Å². The van der Waals surface area contributed by atoms with Crippen molar-refractivity contribution in [3.8, 4) is 0 Å². The van der Waals surface area contributed by atoms with Gasteiger partial charge in [0.15, 0.2) is 0 Å². The van der Waals surface area contributed by atoms with Gasteiger partial charge < -0.3 is 5.32 Å². The van der Waals surface area contributed by atoms with Crippen LogP contribution in [0.3, 0.4) is 0 Å². The van der Waals surface area contributed by atoms with Crippen molar-refractivity contribution in [1.29, 1.82) is 0 Å². The van der Waals surface area contributed by atoms with Gasteiger partial charge in [-0.1, -0.05) is 36.4 Å². The number of nitrogens with zero attached hydrogens (tertiary/aromatic N) is 3. The van der Waals surface area contributed by atoms with Crippen molar-refractivity contribution >= 4 is 0 Å². The van der Waals surface area contributed by atoms with E-state index in [0.29, 0.717) is 6.04 Å². The lowest BCUT2D eigenvalue weighted by Gasteiger charge is -2.24. The smallest absolute Gasteiger partial charge is 0.0662 e. The minimum Gasteiger partial charge on any atom is -0.306 e. The first-order valence-corrected chi connectivity index (χ1v) is 8.61. The monoisotopic (exact) mass is 318 g/mol. The number of hydrogen-bond acceptors (Lipinski definition) is 3. The molecule has 0 amide bonds. The summed E-state index contributed by atoms with van der Waals surface area (Å²) in [6, 6.07) is 15.0. The van der Waals surface area contributed by atoms with Crippen LogP contribution >= 0.6 is 0 Å². The molecule has 24 heavy (non-hydrogen) atoms. The summed E-state index contributed by atoms with van der Waals surface area (Å²) in [5, 5.41) is 8.34. The van der Waals surface area contributed by atoms with Gasteiger partial charge in [-0.2, -0.15) is 5.10 Å². The van der Waals surface area contributed by atoms with Crippen molar-refractivity contribution in [2.75, 3.05) is 0 Å². The van der Waals surface area contributed by atoms with Crippen LogP contribution in [0.5, 0.6) is 0 Å². The maximum absolute atomic E-state index is 4.66. The Hall–Kier alpha value is -2.46. The van der Waals surface area contributed by atoms with Crippen LogP contribution in [0.25, 0.3) is 0 Å². The summed E-state index contributed by atoms with van der Waals surface area (Å²) >= 11 is 0. The molecule has 0 fully saturated rings. The van der Waals surface area contributed by atoms with Crippen molar-refractivity contribution in [2.45, 2.75) is 38.4 Å². The molecule has 0 saturated heterocycles. The summed E-state index contributed by atoms with van der Waals surface area (Å²) < 4.78 is 2.17. The average molecular weight is 318 g/mol. The van der Waals surface area contributed by atoms with Crippen LogP contribution < -0.4 is 5.32 Å². The number of rotatable bonds is 5. The van der Waals surface area contributed by atoms with Crippen LogP contribution in [0.4, 0.5) is 0 Å². The molecule has 3 aromatic rings. The third-order valence-electron chi connectivity index (χ3n) is 4.71. The van der Waals surface area contributed by atoms with Crippen molar-refractivity contribution in [1.82, 2.24) is 20.1 Å². The summed E-state index contributed by atoms with van der Waals surface area (Å²) in [7, 11) is 0. The molecule has 4 nitrogen and oxygen atoms in total. The molecule has 0 bridgehead atoms. The molecule has 0 radical (unpaired) electrons. The molecule has 1 N–H and O–H groups in total. The summed E-state index contributed by atoms with van der Waals surface area (Å²) in [6.07, 6.45) is 9.29. The second-order valence-corrected chi connectivity index (χ2v) is 6.38. The molecule has 1 aliphatic carbocycles. The van der Waals surface area contributed by atoms with Gasteiger partial charge in [0.05, 0.1) is 12.7 Å². The Morgan fingerprint density at radius 3 is 2.75 bits per heavy atom. The number of hydrogen-bond donors (Lipinski definition) is 1. The van der Waals surface area contributed by atoms with E-state index in [-0.39, 0.29) is 0 Å². The molecule has 4 rings (SSSR count). The Morgan fingerprint density at radius 1 is 1.04 bits per heavy atom. The van der Waals surface area contributed by atoms with E-state index in [2.05, 4.69) is 62.7 Å². The second kappa shape index (κ2) is 6.97. The zero-order chi connectivity index (χ0) is 16.2. The highest BCUT2D eigenvalue weighted by atomic mass is 15.3. The predicted molar refractivity (Wildman–Crippen MR) is 94.5 cm³/mol. The molecule has 0 aliphatic heterocycles. The fraction of sp³-hybridized carbons (Fsp3) is 0.300. The van der Waals surface area contributed by atoms with E-state index in [0.717, 1.165) is 19.5 Å². The van der Waals surface area contributed by atoms with Gasteiger partial charge in [0.25, 0.3) is 0 Å². The lowest BCUT2D eigenvalue weighted by Crippen LogP contribution is -2.25. The van der Waals surface area contributed by atoms with Gasteiger partial charge >= 0.3 is 0 Å². The van der Waals surface area contributed by atoms with E-state index < -0.39 is 0 Å².